The van der Waals surface area contributed by atoms with E-state index in [0.717, 1.165) is 31.5 Å². The molecular formula is C22H27N2O+. The van der Waals surface area contributed by atoms with Crippen LogP contribution >= 0.6 is 0 Å². The number of hydrogen-bond donors (Lipinski definition) is 1. The third-order valence-corrected chi connectivity index (χ3v) is 5.70. The van der Waals surface area contributed by atoms with Crippen LogP contribution in [-0.4, -0.2) is 18.5 Å². The zero-order chi connectivity index (χ0) is 17.2. The van der Waals surface area contributed by atoms with Crippen molar-refractivity contribution in [3.05, 3.63) is 65.2 Å². The maximum atomic E-state index is 13.1. The predicted octanol–water partition coefficient (Wildman–Crippen LogP) is 3.00. The summed E-state index contributed by atoms with van der Waals surface area (Å²) in [6.07, 6.45) is 5.68. The number of amides is 1. The summed E-state index contributed by atoms with van der Waals surface area (Å²) in [5.41, 5.74) is 5.30. The first kappa shape index (κ1) is 16.3. The van der Waals surface area contributed by atoms with Crippen molar-refractivity contribution in [2.45, 2.75) is 51.1 Å². The number of rotatable bonds is 3. The topological polar surface area (TPSA) is 36.9 Å². The van der Waals surface area contributed by atoms with Gasteiger partial charge in [-0.3, -0.25) is 4.79 Å². The standard InChI is InChI=1S/C22H26N2O/c1-16(23-20-13-6-10-17-8-2-4-12-19(17)20)22(25)24-15-7-11-18-9-3-5-14-21(18)24/h2-5,8-9,12,14,16,20,23H,6-7,10-11,13,15H2,1H3/p+1/t16-,20+/m1/s1. The van der Waals surface area contributed by atoms with Gasteiger partial charge in [0.15, 0.2) is 6.04 Å². The quantitative estimate of drug-likeness (QED) is 0.920. The van der Waals surface area contributed by atoms with Crippen molar-refractivity contribution in [1.29, 1.82) is 0 Å². The highest BCUT2D eigenvalue weighted by molar-refractivity contribution is 5.97. The minimum Gasteiger partial charge on any atom is -0.330 e. The summed E-state index contributed by atoms with van der Waals surface area (Å²) >= 11 is 0. The zero-order valence-corrected chi connectivity index (χ0v) is 14.9. The normalized spacial score (nSPS) is 20.5. The molecule has 0 aromatic heterocycles. The molecule has 2 aromatic rings. The second-order valence-corrected chi connectivity index (χ2v) is 7.40. The first-order valence-corrected chi connectivity index (χ1v) is 9.56. The van der Waals surface area contributed by atoms with E-state index in [0.29, 0.717) is 6.04 Å². The number of nitrogens with zero attached hydrogens (tertiary/aromatic N) is 1. The Labute approximate surface area is 150 Å². The summed E-state index contributed by atoms with van der Waals surface area (Å²) in [5, 5.41) is 2.29. The Balaban J connectivity index is 1.51. The van der Waals surface area contributed by atoms with Crippen LogP contribution in [0.2, 0.25) is 0 Å². The second-order valence-electron chi connectivity index (χ2n) is 7.40. The molecule has 0 bridgehead atoms. The molecule has 1 aliphatic carbocycles. The maximum Gasteiger partial charge on any atom is 0.284 e. The van der Waals surface area contributed by atoms with E-state index in [1.54, 1.807) is 0 Å². The molecule has 3 nitrogen and oxygen atoms in total. The monoisotopic (exact) mass is 335 g/mol. The summed E-state index contributed by atoms with van der Waals surface area (Å²) in [6, 6.07) is 17.4. The second kappa shape index (κ2) is 7.01. The lowest BCUT2D eigenvalue weighted by atomic mass is 9.87. The van der Waals surface area contributed by atoms with Gasteiger partial charge in [0.2, 0.25) is 0 Å². The predicted molar refractivity (Wildman–Crippen MR) is 101 cm³/mol. The smallest absolute Gasteiger partial charge is 0.284 e. The summed E-state index contributed by atoms with van der Waals surface area (Å²) in [6.45, 7) is 2.91. The van der Waals surface area contributed by atoms with Gasteiger partial charge in [-0.15, -0.1) is 0 Å². The van der Waals surface area contributed by atoms with Crippen molar-refractivity contribution in [1.82, 2.24) is 0 Å². The Morgan fingerprint density at radius 3 is 2.64 bits per heavy atom. The molecule has 1 aliphatic heterocycles. The van der Waals surface area contributed by atoms with Gasteiger partial charge in [0.05, 0.1) is 0 Å². The lowest BCUT2D eigenvalue weighted by Gasteiger charge is -2.32. The molecule has 2 aromatic carbocycles. The molecule has 4 rings (SSSR count). The molecule has 1 amide bonds. The van der Waals surface area contributed by atoms with Crippen molar-refractivity contribution < 1.29 is 10.1 Å². The van der Waals surface area contributed by atoms with Gasteiger partial charge in [0.1, 0.15) is 6.04 Å². The molecule has 0 fully saturated rings. The number of quaternary nitrogens is 1. The lowest BCUT2D eigenvalue weighted by molar-refractivity contribution is -0.714. The van der Waals surface area contributed by atoms with Crippen molar-refractivity contribution in [2.75, 3.05) is 11.4 Å². The number of hydrogen-bond acceptors (Lipinski definition) is 1. The molecule has 25 heavy (non-hydrogen) atoms. The number of anilines is 1. The van der Waals surface area contributed by atoms with Crippen LogP contribution in [0.5, 0.6) is 0 Å². The Bertz CT molecular complexity index is 770. The molecule has 1 heterocycles. The van der Waals surface area contributed by atoms with E-state index in [1.807, 2.05) is 11.0 Å². The Morgan fingerprint density at radius 2 is 1.76 bits per heavy atom. The number of aryl methyl sites for hydroxylation is 2. The number of nitrogens with two attached hydrogens (primary N) is 1. The fourth-order valence-corrected chi connectivity index (χ4v) is 4.43. The summed E-state index contributed by atoms with van der Waals surface area (Å²) in [5.74, 6) is 0.246. The van der Waals surface area contributed by atoms with Gasteiger partial charge in [-0.25, -0.2) is 0 Å². The Kier molecular flexibility index (Phi) is 4.58. The minimum absolute atomic E-state index is 0.0534. The van der Waals surface area contributed by atoms with Gasteiger partial charge in [0.25, 0.3) is 5.91 Å². The van der Waals surface area contributed by atoms with Gasteiger partial charge < -0.3 is 10.2 Å². The zero-order valence-electron chi connectivity index (χ0n) is 14.9. The number of benzene rings is 2. The molecule has 0 unspecified atom stereocenters. The average Bonchev–Trinajstić information content (AvgIpc) is 2.67. The summed E-state index contributed by atoms with van der Waals surface area (Å²) in [7, 11) is 0. The van der Waals surface area contributed by atoms with E-state index in [1.165, 1.54) is 29.5 Å². The van der Waals surface area contributed by atoms with E-state index in [-0.39, 0.29) is 11.9 Å². The van der Waals surface area contributed by atoms with Crippen molar-refractivity contribution in [3.63, 3.8) is 0 Å². The highest BCUT2D eigenvalue weighted by Gasteiger charge is 2.31. The van der Waals surface area contributed by atoms with E-state index >= 15 is 0 Å². The fourth-order valence-electron chi connectivity index (χ4n) is 4.43. The molecule has 2 aliphatic rings. The molecule has 2 N–H and O–H groups in total. The molecule has 0 saturated heterocycles. The highest BCUT2D eigenvalue weighted by atomic mass is 16.2. The highest BCUT2D eigenvalue weighted by Crippen LogP contribution is 2.28. The number of fused-ring (bicyclic) bond motifs is 2. The average molecular weight is 335 g/mol. The maximum absolute atomic E-state index is 13.1. The number of carbonyl (C=O) groups is 1. The van der Waals surface area contributed by atoms with Crippen LogP contribution in [0.4, 0.5) is 5.69 Å². The van der Waals surface area contributed by atoms with Crippen LogP contribution in [0.3, 0.4) is 0 Å². The minimum atomic E-state index is -0.0534. The van der Waals surface area contributed by atoms with E-state index in [4.69, 9.17) is 0 Å². The summed E-state index contributed by atoms with van der Waals surface area (Å²) in [4.78, 5) is 15.1. The first-order valence-electron chi connectivity index (χ1n) is 9.56. The molecular weight excluding hydrogens is 308 g/mol. The van der Waals surface area contributed by atoms with E-state index in [2.05, 4.69) is 54.7 Å². The molecule has 130 valence electrons. The van der Waals surface area contributed by atoms with Crippen LogP contribution < -0.4 is 10.2 Å². The first-order chi connectivity index (χ1) is 12.2. The van der Waals surface area contributed by atoms with Gasteiger partial charge >= 0.3 is 0 Å². The molecule has 0 spiro atoms. The van der Waals surface area contributed by atoms with Crippen LogP contribution in [0, 0.1) is 0 Å². The van der Waals surface area contributed by atoms with Crippen LogP contribution in [0.25, 0.3) is 0 Å². The molecule has 0 saturated carbocycles. The third-order valence-electron chi connectivity index (χ3n) is 5.70. The van der Waals surface area contributed by atoms with Crippen LogP contribution in [-0.2, 0) is 17.6 Å². The van der Waals surface area contributed by atoms with Gasteiger partial charge in [-0.05, 0) is 49.8 Å². The van der Waals surface area contributed by atoms with Gasteiger partial charge in [-0.2, -0.15) is 0 Å². The van der Waals surface area contributed by atoms with Gasteiger partial charge in [-0.1, -0.05) is 42.5 Å². The lowest BCUT2D eigenvalue weighted by Crippen LogP contribution is -2.93. The molecule has 0 radical (unpaired) electrons. The van der Waals surface area contributed by atoms with Crippen LogP contribution in [0.1, 0.15) is 48.9 Å². The van der Waals surface area contributed by atoms with Crippen molar-refractivity contribution in [2.24, 2.45) is 0 Å². The molecule has 2 atom stereocenters. The Morgan fingerprint density at radius 1 is 1.04 bits per heavy atom. The third kappa shape index (κ3) is 3.21. The SMILES string of the molecule is C[C@@H]([NH2+][C@H]1CCCc2ccccc21)C(=O)N1CCCc2ccccc21. The van der Waals surface area contributed by atoms with E-state index in [9.17, 15) is 4.79 Å². The molecule has 3 heteroatoms. The summed E-state index contributed by atoms with van der Waals surface area (Å²) < 4.78 is 0. The number of carbonyl (C=O) groups excluding carboxylic acids is 1. The van der Waals surface area contributed by atoms with Crippen molar-refractivity contribution in [3.8, 4) is 0 Å². The largest absolute Gasteiger partial charge is 0.330 e. The fraction of sp³-hybridized carbons (Fsp3) is 0.409. The van der Waals surface area contributed by atoms with Crippen molar-refractivity contribution >= 4 is 11.6 Å². The van der Waals surface area contributed by atoms with Crippen LogP contribution in [0.15, 0.2) is 48.5 Å². The number of para-hydroxylation sites is 1. The van der Waals surface area contributed by atoms with Gasteiger partial charge in [0, 0.05) is 24.2 Å². The Hall–Kier alpha value is -2.13. The van der Waals surface area contributed by atoms with E-state index < -0.39 is 0 Å².